The van der Waals surface area contributed by atoms with Crippen LogP contribution in [0.15, 0.2) is 122 Å². The minimum absolute atomic E-state index is 0.240. The Labute approximate surface area is 218 Å². The summed E-state index contributed by atoms with van der Waals surface area (Å²) < 4.78 is 5.65. The Kier molecular flexibility index (Phi) is 5.20. The maximum absolute atomic E-state index is 13.2. The highest BCUT2D eigenvalue weighted by Gasteiger charge is 2.53. The van der Waals surface area contributed by atoms with Crippen LogP contribution in [0.2, 0.25) is 0 Å². The molecule has 0 saturated carbocycles. The molecule has 2 aliphatic heterocycles. The first-order valence-corrected chi connectivity index (χ1v) is 13.4. The summed E-state index contributed by atoms with van der Waals surface area (Å²) in [5.41, 5.74) is 4.26. The summed E-state index contributed by atoms with van der Waals surface area (Å²) in [6, 6.07) is 29.4. The van der Waals surface area contributed by atoms with Gasteiger partial charge in [0.15, 0.2) is 10.9 Å². The van der Waals surface area contributed by atoms with Crippen molar-refractivity contribution in [2.75, 3.05) is 5.75 Å². The van der Waals surface area contributed by atoms with Crippen molar-refractivity contribution in [3.63, 3.8) is 0 Å². The van der Waals surface area contributed by atoms with Gasteiger partial charge in [0, 0.05) is 5.39 Å². The van der Waals surface area contributed by atoms with Crippen molar-refractivity contribution < 1.29 is 9.52 Å². The smallest absolute Gasteiger partial charge is 0.344 e. The fourth-order valence-corrected chi connectivity index (χ4v) is 6.85. The second kappa shape index (κ2) is 8.61. The number of allylic oxidation sites excluding steroid dienone is 1. The van der Waals surface area contributed by atoms with E-state index >= 15 is 0 Å². The van der Waals surface area contributed by atoms with Crippen LogP contribution < -0.4 is 5.63 Å². The van der Waals surface area contributed by atoms with Crippen LogP contribution in [-0.4, -0.2) is 20.9 Å². The van der Waals surface area contributed by atoms with Crippen LogP contribution in [0.25, 0.3) is 17.0 Å². The molecular weight excluding hydrogens is 480 g/mol. The van der Waals surface area contributed by atoms with Crippen molar-refractivity contribution in [1.29, 1.82) is 0 Å². The van der Waals surface area contributed by atoms with Gasteiger partial charge in [0.05, 0.1) is 23.1 Å². The molecule has 0 spiro atoms. The van der Waals surface area contributed by atoms with Crippen LogP contribution in [0, 0.1) is 0 Å². The molecule has 1 fully saturated rings. The van der Waals surface area contributed by atoms with E-state index in [1.54, 1.807) is 12.1 Å². The lowest BCUT2D eigenvalue weighted by atomic mass is 9.91. The first kappa shape index (κ1) is 22.3. The Balaban J connectivity index is 1.40. The molecule has 7 rings (SSSR count). The van der Waals surface area contributed by atoms with E-state index < -0.39 is 11.4 Å². The molecule has 4 aromatic rings. The summed E-state index contributed by atoms with van der Waals surface area (Å²) in [4.78, 5) is 20.2. The molecule has 6 heteroatoms. The van der Waals surface area contributed by atoms with Crippen molar-refractivity contribution >= 4 is 34.0 Å². The number of hydrogen-bond acceptors (Lipinski definition) is 6. The molecular formula is C31H24N2O3S. The molecule has 2 atom stereocenters. The number of aliphatic imine (C=N–C) groups is 1. The van der Waals surface area contributed by atoms with Gasteiger partial charge >= 0.3 is 5.63 Å². The van der Waals surface area contributed by atoms with Crippen LogP contribution >= 0.6 is 11.8 Å². The third-order valence-electron chi connectivity index (χ3n) is 7.40. The molecule has 3 heterocycles. The fraction of sp³-hybridized carbons (Fsp3) is 0.161. The second-order valence-electron chi connectivity index (χ2n) is 9.62. The summed E-state index contributed by atoms with van der Waals surface area (Å²) in [6.07, 6.45) is 3.94. The molecule has 37 heavy (non-hydrogen) atoms. The number of aliphatic hydroxyl groups is 1. The number of rotatable bonds is 3. The number of fused-ring (bicyclic) bond motifs is 2. The van der Waals surface area contributed by atoms with E-state index in [1.165, 1.54) is 22.9 Å². The van der Waals surface area contributed by atoms with Crippen molar-refractivity contribution in [3.05, 3.63) is 135 Å². The van der Waals surface area contributed by atoms with E-state index in [9.17, 15) is 9.90 Å². The zero-order chi connectivity index (χ0) is 25.0. The van der Waals surface area contributed by atoms with Gasteiger partial charge in [-0.05, 0) is 53.3 Å². The molecule has 182 valence electrons. The van der Waals surface area contributed by atoms with E-state index in [1.807, 2.05) is 59.5 Å². The van der Waals surface area contributed by atoms with E-state index in [0.717, 1.165) is 40.2 Å². The molecule has 3 aromatic carbocycles. The van der Waals surface area contributed by atoms with Gasteiger partial charge in [0.1, 0.15) is 5.58 Å². The van der Waals surface area contributed by atoms with Crippen LogP contribution in [-0.2, 0) is 5.72 Å². The zero-order valence-corrected chi connectivity index (χ0v) is 20.8. The van der Waals surface area contributed by atoms with Gasteiger partial charge in [-0.3, -0.25) is 0 Å². The van der Waals surface area contributed by atoms with Gasteiger partial charge in [0.25, 0.3) is 0 Å². The first-order valence-electron chi connectivity index (χ1n) is 12.4. The number of benzene rings is 3. The van der Waals surface area contributed by atoms with Gasteiger partial charge in [-0.25, -0.2) is 9.79 Å². The second-order valence-corrected chi connectivity index (χ2v) is 10.6. The first-order chi connectivity index (χ1) is 18.1. The van der Waals surface area contributed by atoms with Crippen LogP contribution in [0.1, 0.15) is 35.6 Å². The zero-order valence-electron chi connectivity index (χ0n) is 20.0. The highest BCUT2D eigenvalue weighted by atomic mass is 32.2. The third-order valence-corrected chi connectivity index (χ3v) is 8.50. The van der Waals surface area contributed by atoms with Crippen molar-refractivity contribution in [2.45, 2.75) is 24.6 Å². The SMILES string of the molecule is O=c1oc2ccccc2cc1C1(O)CSC2=NC3=C(CC/C3=C\c3ccccc3)C(c3ccccc3)N21. The minimum atomic E-state index is -1.56. The minimum Gasteiger partial charge on any atom is -0.422 e. The normalized spacial score (nSPS) is 23.9. The van der Waals surface area contributed by atoms with E-state index in [-0.39, 0.29) is 17.4 Å². The Morgan fingerprint density at radius 1 is 0.973 bits per heavy atom. The molecule has 0 amide bonds. The number of amidine groups is 1. The predicted molar refractivity (Wildman–Crippen MR) is 148 cm³/mol. The van der Waals surface area contributed by atoms with Crippen molar-refractivity contribution in [1.82, 2.24) is 4.90 Å². The van der Waals surface area contributed by atoms with Crippen molar-refractivity contribution in [2.24, 2.45) is 4.99 Å². The van der Waals surface area contributed by atoms with E-state index in [2.05, 4.69) is 30.3 Å². The molecule has 1 aromatic heterocycles. The highest BCUT2D eigenvalue weighted by Crippen LogP contribution is 2.53. The average molecular weight is 505 g/mol. The molecule has 3 aliphatic rings. The lowest BCUT2D eigenvalue weighted by molar-refractivity contribution is -0.0659. The lowest BCUT2D eigenvalue weighted by Gasteiger charge is -2.42. The van der Waals surface area contributed by atoms with Crippen LogP contribution in [0.4, 0.5) is 0 Å². The summed E-state index contributed by atoms with van der Waals surface area (Å²) in [5.74, 6) is 0.288. The monoisotopic (exact) mass is 504 g/mol. The van der Waals surface area contributed by atoms with Gasteiger partial charge in [0.2, 0.25) is 0 Å². The molecule has 1 saturated heterocycles. The highest BCUT2D eigenvalue weighted by molar-refractivity contribution is 8.14. The molecule has 2 unspecified atom stereocenters. The number of thioether (sulfide) groups is 1. The Morgan fingerprint density at radius 3 is 2.51 bits per heavy atom. The molecule has 0 bridgehead atoms. The summed E-state index contributed by atoms with van der Waals surface area (Å²) >= 11 is 1.48. The van der Waals surface area contributed by atoms with Gasteiger partial charge in [-0.1, -0.05) is 90.6 Å². The van der Waals surface area contributed by atoms with E-state index in [0.29, 0.717) is 5.58 Å². The molecule has 5 nitrogen and oxygen atoms in total. The number of para-hydroxylation sites is 1. The predicted octanol–water partition coefficient (Wildman–Crippen LogP) is 6.23. The molecule has 1 aliphatic carbocycles. The Bertz CT molecular complexity index is 1670. The summed E-state index contributed by atoms with van der Waals surface area (Å²) in [6.45, 7) is 0. The van der Waals surface area contributed by atoms with Crippen LogP contribution in [0.5, 0.6) is 0 Å². The number of hydrogen-bond donors (Lipinski definition) is 1. The summed E-state index contributed by atoms with van der Waals surface area (Å²) in [5, 5.41) is 13.8. The lowest BCUT2D eigenvalue weighted by Crippen LogP contribution is -2.50. The van der Waals surface area contributed by atoms with Crippen molar-refractivity contribution in [3.8, 4) is 0 Å². The van der Waals surface area contributed by atoms with E-state index in [4.69, 9.17) is 9.41 Å². The largest absolute Gasteiger partial charge is 0.422 e. The third kappa shape index (κ3) is 3.59. The molecule has 0 radical (unpaired) electrons. The Morgan fingerprint density at radius 2 is 1.70 bits per heavy atom. The average Bonchev–Trinajstić information content (AvgIpc) is 3.49. The summed E-state index contributed by atoms with van der Waals surface area (Å²) in [7, 11) is 0. The topological polar surface area (TPSA) is 66.0 Å². The Hall–Kier alpha value is -3.87. The van der Waals surface area contributed by atoms with Gasteiger partial charge in [-0.15, -0.1) is 0 Å². The standard InChI is InChI=1S/C31H24N2O3S/c34-29-25(18-22-13-7-8-14-26(22)36-29)31(35)19-37-30-32-27-23(17-20-9-3-1-4-10-20)15-16-24(27)28(33(30)31)21-11-5-2-6-12-21/h1-14,17-18,28,35H,15-16,19H2/b23-17+. The van der Waals surface area contributed by atoms with Gasteiger partial charge < -0.3 is 14.4 Å². The maximum atomic E-state index is 13.2. The molecule has 1 N–H and O–H groups in total. The van der Waals surface area contributed by atoms with Gasteiger partial charge in [-0.2, -0.15) is 0 Å². The number of nitrogens with zero attached hydrogens (tertiary/aromatic N) is 2. The maximum Gasteiger partial charge on any atom is 0.344 e. The quantitative estimate of drug-likeness (QED) is 0.335. The van der Waals surface area contributed by atoms with Crippen LogP contribution in [0.3, 0.4) is 0 Å². The fourth-order valence-electron chi connectivity index (χ4n) is 5.67.